The van der Waals surface area contributed by atoms with Crippen LogP contribution >= 0.6 is 11.8 Å². The highest BCUT2D eigenvalue weighted by Gasteiger charge is 2.44. The minimum absolute atomic E-state index is 0.00737. The van der Waals surface area contributed by atoms with Crippen molar-refractivity contribution in [1.82, 2.24) is 4.90 Å². The van der Waals surface area contributed by atoms with Crippen LogP contribution in [-0.2, 0) is 20.6 Å². The summed E-state index contributed by atoms with van der Waals surface area (Å²) in [4.78, 5) is 36.2. The second kappa shape index (κ2) is 10.1. The average molecular weight is 469 g/mol. The Morgan fingerprint density at radius 1 is 1.26 bits per heavy atom. The first-order valence-corrected chi connectivity index (χ1v) is 14.2. The molecule has 1 aromatic rings. The molecule has 10 heteroatoms. The third kappa shape index (κ3) is 7.05. The van der Waals surface area contributed by atoms with Gasteiger partial charge in [0.25, 0.3) is 5.69 Å². The maximum atomic E-state index is 12.8. The average Bonchev–Trinajstić information content (AvgIpc) is 3.06. The molecule has 1 aromatic carbocycles. The van der Waals surface area contributed by atoms with Gasteiger partial charge in [0.15, 0.2) is 13.4 Å². The Balaban J connectivity index is 2.04. The highest BCUT2D eigenvalue weighted by molar-refractivity contribution is 8.13. The molecule has 0 aromatic heterocycles. The van der Waals surface area contributed by atoms with Crippen molar-refractivity contribution in [3.8, 4) is 0 Å². The zero-order valence-corrected chi connectivity index (χ0v) is 20.9. The minimum atomic E-state index is -2.00. The lowest BCUT2D eigenvalue weighted by atomic mass is 10.2. The number of rotatable bonds is 7. The molecule has 1 aliphatic rings. The summed E-state index contributed by atoms with van der Waals surface area (Å²) in [6.07, 6.45) is 0.110. The number of likely N-dealkylation sites (tertiary alicyclic amines) is 1. The highest BCUT2D eigenvalue weighted by Crippen LogP contribution is 2.39. The van der Waals surface area contributed by atoms with Gasteiger partial charge in [0.05, 0.1) is 11.0 Å². The zero-order chi connectivity index (χ0) is 23.4. The second-order valence-corrected chi connectivity index (χ2v) is 15.3. The van der Waals surface area contributed by atoms with Gasteiger partial charge in [-0.2, -0.15) is 0 Å². The number of nitro groups is 1. The van der Waals surface area contributed by atoms with Crippen LogP contribution in [0.1, 0.15) is 39.7 Å². The first-order chi connectivity index (χ1) is 14.3. The Bertz CT molecular complexity index is 809. The number of nitrogens with zero attached hydrogens (tertiary/aromatic N) is 2. The molecule has 1 aliphatic heterocycles. The molecule has 0 bridgehead atoms. The topological polar surface area (TPSA) is 99.0 Å². The second-order valence-electron chi connectivity index (χ2n) is 9.32. The lowest BCUT2D eigenvalue weighted by molar-refractivity contribution is -0.384. The molecule has 1 amide bonds. The van der Waals surface area contributed by atoms with E-state index in [1.54, 1.807) is 17.0 Å². The molecule has 2 atom stereocenters. The smallest absolute Gasteiger partial charge is 0.410 e. The van der Waals surface area contributed by atoms with Gasteiger partial charge in [-0.25, -0.2) is 4.79 Å². The first-order valence-electron chi connectivity index (χ1n) is 10.3. The largest absolute Gasteiger partial charge is 0.445 e. The number of benzene rings is 1. The molecule has 0 radical (unpaired) electrons. The standard InChI is InChI=1S/C21H32N2O6SSi/c1-15(24)30-14-18-11-19(29-31(5,6)21(2,3)4)12-22(18)20(25)28-13-16-7-9-17(10-8-16)23(26)27/h7-10,18-19H,11-14H2,1-6H3/t18-,19+/m0/s1. The van der Waals surface area contributed by atoms with Gasteiger partial charge in [-0.15, -0.1) is 0 Å². The zero-order valence-electron chi connectivity index (χ0n) is 19.0. The maximum Gasteiger partial charge on any atom is 0.410 e. The summed E-state index contributed by atoms with van der Waals surface area (Å²) in [5.74, 6) is 0.499. The van der Waals surface area contributed by atoms with Crippen molar-refractivity contribution in [3.63, 3.8) is 0 Å². The summed E-state index contributed by atoms with van der Waals surface area (Å²) in [7, 11) is -2.00. The van der Waals surface area contributed by atoms with Crippen molar-refractivity contribution in [2.75, 3.05) is 12.3 Å². The Labute approximate surface area is 188 Å². The fourth-order valence-electron chi connectivity index (χ4n) is 3.09. The molecule has 2 rings (SSSR count). The van der Waals surface area contributed by atoms with Crippen LogP contribution in [0.25, 0.3) is 0 Å². The number of carbonyl (C=O) groups is 2. The number of nitro benzene ring substituents is 1. The van der Waals surface area contributed by atoms with E-state index >= 15 is 0 Å². The van der Waals surface area contributed by atoms with Gasteiger partial charge in [-0.3, -0.25) is 14.9 Å². The summed E-state index contributed by atoms with van der Waals surface area (Å²) in [6, 6.07) is 5.76. The van der Waals surface area contributed by atoms with E-state index in [0.717, 1.165) is 0 Å². The molecule has 0 unspecified atom stereocenters. The quantitative estimate of drug-likeness (QED) is 0.316. The molecule has 1 fully saturated rings. The van der Waals surface area contributed by atoms with E-state index in [4.69, 9.17) is 9.16 Å². The summed E-state index contributed by atoms with van der Waals surface area (Å²) < 4.78 is 12.0. The van der Waals surface area contributed by atoms with Crippen LogP contribution in [0, 0.1) is 10.1 Å². The molecular formula is C21H32N2O6SSi. The van der Waals surface area contributed by atoms with E-state index in [-0.39, 0.29) is 34.6 Å². The Morgan fingerprint density at radius 2 is 1.87 bits per heavy atom. The van der Waals surface area contributed by atoms with Crippen LogP contribution in [0.3, 0.4) is 0 Å². The third-order valence-electron chi connectivity index (χ3n) is 5.87. The third-order valence-corrected chi connectivity index (χ3v) is 11.4. The summed E-state index contributed by atoms with van der Waals surface area (Å²) >= 11 is 1.20. The van der Waals surface area contributed by atoms with Crippen LogP contribution in [0.15, 0.2) is 24.3 Å². The molecule has 1 heterocycles. The van der Waals surface area contributed by atoms with Crippen LogP contribution in [-0.4, -0.2) is 53.8 Å². The SMILES string of the molecule is CC(=O)SC[C@@H]1C[C@@H](O[Si](C)(C)C(C)(C)C)CN1C(=O)OCc1ccc([N+](=O)[O-])cc1. The van der Waals surface area contributed by atoms with Gasteiger partial charge in [0.2, 0.25) is 0 Å². The lowest BCUT2D eigenvalue weighted by Crippen LogP contribution is -2.44. The van der Waals surface area contributed by atoms with E-state index in [1.165, 1.54) is 30.8 Å². The van der Waals surface area contributed by atoms with Crippen molar-refractivity contribution < 1.29 is 23.7 Å². The van der Waals surface area contributed by atoms with E-state index in [9.17, 15) is 19.7 Å². The molecule has 0 N–H and O–H groups in total. The van der Waals surface area contributed by atoms with E-state index in [2.05, 4.69) is 33.9 Å². The summed E-state index contributed by atoms with van der Waals surface area (Å²) in [5.41, 5.74) is 0.656. The number of thioether (sulfide) groups is 1. The van der Waals surface area contributed by atoms with E-state index in [0.29, 0.717) is 24.3 Å². The highest BCUT2D eigenvalue weighted by atomic mass is 32.2. The summed E-state index contributed by atoms with van der Waals surface area (Å²) in [5, 5.41) is 10.8. The molecule has 31 heavy (non-hydrogen) atoms. The van der Waals surface area contributed by atoms with Gasteiger partial charge in [0, 0.05) is 37.4 Å². The fraction of sp³-hybridized carbons (Fsp3) is 0.619. The van der Waals surface area contributed by atoms with Crippen LogP contribution in [0.4, 0.5) is 10.5 Å². The Morgan fingerprint density at radius 3 is 2.39 bits per heavy atom. The lowest BCUT2D eigenvalue weighted by Gasteiger charge is -2.38. The fourth-order valence-corrected chi connectivity index (χ4v) is 5.19. The van der Waals surface area contributed by atoms with Crippen molar-refractivity contribution in [3.05, 3.63) is 39.9 Å². The molecule has 172 valence electrons. The van der Waals surface area contributed by atoms with Gasteiger partial charge in [-0.1, -0.05) is 32.5 Å². The van der Waals surface area contributed by atoms with Gasteiger partial charge in [-0.05, 0) is 42.2 Å². The van der Waals surface area contributed by atoms with Crippen LogP contribution in [0.2, 0.25) is 18.1 Å². The molecule has 0 spiro atoms. The predicted octanol–water partition coefficient (Wildman–Crippen LogP) is 4.98. The number of amides is 1. The minimum Gasteiger partial charge on any atom is -0.445 e. The number of ether oxygens (including phenoxy) is 1. The van der Waals surface area contributed by atoms with Crippen molar-refractivity contribution in [1.29, 1.82) is 0 Å². The summed E-state index contributed by atoms with van der Waals surface area (Å²) in [6.45, 7) is 12.8. The van der Waals surface area contributed by atoms with Crippen molar-refractivity contribution >= 4 is 37.0 Å². The van der Waals surface area contributed by atoms with Gasteiger partial charge < -0.3 is 14.1 Å². The number of carbonyl (C=O) groups excluding carboxylic acids is 2. The number of non-ortho nitro benzene ring substituents is 1. The number of hydrogen-bond donors (Lipinski definition) is 0. The van der Waals surface area contributed by atoms with E-state index < -0.39 is 19.3 Å². The molecule has 8 nitrogen and oxygen atoms in total. The molecular weight excluding hydrogens is 436 g/mol. The first kappa shape index (κ1) is 25.3. The van der Waals surface area contributed by atoms with E-state index in [1.807, 2.05) is 0 Å². The van der Waals surface area contributed by atoms with Crippen molar-refractivity contribution in [2.45, 2.75) is 71.0 Å². The van der Waals surface area contributed by atoms with Crippen LogP contribution < -0.4 is 0 Å². The normalized spacial score (nSPS) is 19.4. The predicted molar refractivity (Wildman–Crippen MR) is 124 cm³/mol. The van der Waals surface area contributed by atoms with Crippen LogP contribution in [0.5, 0.6) is 0 Å². The molecule has 0 aliphatic carbocycles. The molecule has 1 saturated heterocycles. The van der Waals surface area contributed by atoms with Crippen molar-refractivity contribution in [2.24, 2.45) is 0 Å². The molecule has 0 saturated carbocycles. The Kier molecular flexibility index (Phi) is 8.29. The van der Waals surface area contributed by atoms with Gasteiger partial charge in [0.1, 0.15) is 6.61 Å². The Hall–Kier alpha value is -1.91. The maximum absolute atomic E-state index is 12.8. The number of hydrogen-bond acceptors (Lipinski definition) is 7. The van der Waals surface area contributed by atoms with Gasteiger partial charge >= 0.3 is 6.09 Å². The monoisotopic (exact) mass is 468 g/mol.